The molecule has 0 aliphatic carbocycles. The van der Waals surface area contributed by atoms with Crippen molar-refractivity contribution in [2.75, 3.05) is 19.3 Å². The zero-order chi connectivity index (χ0) is 15.1. The van der Waals surface area contributed by atoms with Crippen molar-refractivity contribution in [2.24, 2.45) is 5.73 Å². The number of benzene rings is 1. The molecule has 4 nitrogen and oxygen atoms in total. The van der Waals surface area contributed by atoms with Crippen LogP contribution in [-0.2, 0) is 10.8 Å². The van der Waals surface area contributed by atoms with Crippen LogP contribution < -0.4 is 11.1 Å². The summed E-state index contributed by atoms with van der Waals surface area (Å²) in [5.74, 6) is 4.42. The highest BCUT2D eigenvalue weighted by Gasteiger charge is 2.13. The summed E-state index contributed by atoms with van der Waals surface area (Å²) in [4.78, 5) is 12.0. The Morgan fingerprint density at radius 1 is 1.55 bits per heavy atom. The first-order valence-electron chi connectivity index (χ1n) is 6.04. The van der Waals surface area contributed by atoms with Crippen LogP contribution in [0.2, 0.25) is 0 Å². The Bertz CT molecular complexity index is 578. The predicted octanol–water partition coefficient (Wildman–Crippen LogP) is 0.633. The summed E-state index contributed by atoms with van der Waals surface area (Å²) in [6.45, 7) is 2.18. The third-order valence-corrected chi connectivity index (χ3v) is 3.97. The van der Waals surface area contributed by atoms with E-state index in [1.807, 2.05) is 0 Å². The van der Waals surface area contributed by atoms with Gasteiger partial charge in [-0.2, -0.15) is 0 Å². The summed E-state index contributed by atoms with van der Waals surface area (Å²) >= 11 is 0. The van der Waals surface area contributed by atoms with Crippen molar-refractivity contribution in [3.8, 4) is 11.8 Å². The summed E-state index contributed by atoms with van der Waals surface area (Å²) in [5.41, 5.74) is 5.84. The molecule has 108 valence electrons. The van der Waals surface area contributed by atoms with Gasteiger partial charge in [-0.25, -0.2) is 4.39 Å². The van der Waals surface area contributed by atoms with E-state index in [-0.39, 0.29) is 29.8 Å². The van der Waals surface area contributed by atoms with Crippen LogP contribution in [0, 0.1) is 17.7 Å². The van der Waals surface area contributed by atoms with Gasteiger partial charge in [-0.3, -0.25) is 9.00 Å². The number of nitrogens with two attached hydrogens (primary N) is 1. The van der Waals surface area contributed by atoms with E-state index in [0.717, 1.165) is 0 Å². The molecule has 1 aromatic carbocycles. The second-order valence-electron chi connectivity index (χ2n) is 4.22. The Morgan fingerprint density at radius 2 is 2.25 bits per heavy atom. The molecular weight excluding hydrogens is 279 g/mol. The van der Waals surface area contributed by atoms with E-state index in [9.17, 15) is 13.4 Å². The van der Waals surface area contributed by atoms with E-state index in [2.05, 4.69) is 17.2 Å². The van der Waals surface area contributed by atoms with Gasteiger partial charge in [-0.1, -0.05) is 11.8 Å². The molecule has 20 heavy (non-hydrogen) atoms. The number of carbonyl (C=O) groups is 1. The van der Waals surface area contributed by atoms with Crippen LogP contribution in [0.15, 0.2) is 18.2 Å². The van der Waals surface area contributed by atoms with Crippen LogP contribution in [-0.4, -0.2) is 34.7 Å². The first-order valence-corrected chi connectivity index (χ1v) is 7.66. The van der Waals surface area contributed by atoms with Gasteiger partial charge in [0.15, 0.2) is 0 Å². The standard InChI is InChI=1S/C14H17FN2O2S/c1-10(20(2)19)9-17-14(18)13-6-5-12(15)8-11(13)4-3-7-16/h5-6,8,10H,7,9,16H2,1-2H3,(H,17,18). The summed E-state index contributed by atoms with van der Waals surface area (Å²) < 4.78 is 24.4. The lowest BCUT2D eigenvalue weighted by atomic mass is 10.1. The maximum atomic E-state index is 13.2. The number of amides is 1. The molecule has 0 bridgehead atoms. The van der Waals surface area contributed by atoms with Crippen LogP contribution in [0.3, 0.4) is 0 Å². The summed E-state index contributed by atoms with van der Waals surface area (Å²) in [6.07, 6.45) is 1.58. The fourth-order valence-corrected chi connectivity index (χ4v) is 1.73. The van der Waals surface area contributed by atoms with Gasteiger partial charge < -0.3 is 11.1 Å². The number of carbonyl (C=O) groups excluding carboxylic acids is 1. The molecule has 1 aromatic rings. The van der Waals surface area contributed by atoms with Crippen molar-refractivity contribution < 1.29 is 13.4 Å². The monoisotopic (exact) mass is 296 g/mol. The van der Waals surface area contributed by atoms with E-state index >= 15 is 0 Å². The number of hydrogen-bond acceptors (Lipinski definition) is 3. The highest BCUT2D eigenvalue weighted by molar-refractivity contribution is 7.84. The maximum absolute atomic E-state index is 13.2. The summed E-state index contributed by atoms with van der Waals surface area (Å²) in [5, 5.41) is 2.51. The Balaban J connectivity index is 2.89. The third kappa shape index (κ3) is 4.76. The maximum Gasteiger partial charge on any atom is 0.252 e. The predicted molar refractivity (Wildman–Crippen MR) is 78.2 cm³/mol. The van der Waals surface area contributed by atoms with Crippen LogP contribution in [0.5, 0.6) is 0 Å². The normalized spacial score (nSPS) is 13.0. The topological polar surface area (TPSA) is 72.2 Å². The lowest BCUT2D eigenvalue weighted by Gasteiger charge is -2.11. The minimum atomic E-state index is -1.02. The molecule has 0 aliphatic heterocycles. The van der Waals surface area contributed by atoms with E-state index in [4.69, 9.17) is 5.73 Å². The fourth-order valence-electron chi connectivity index (χ4n) is 1.41. The van der Waals surface area contributed by atoms with Crippen LogP contribution in [0.1, 0.15) is 22.8 Å². The Hall–Kier alpha value is -1.71. The number of halogens is 1. The molecule has 1 rings (SSSR count). The Kier molecular flexibility index (Phi) is 6.36. The quantitative estimate of drug-likeness (QED) is 0.801. The van der Waals surface area contributed by atoms with E-state index in [0.29, 0.717) is 5.56 Å². The zero-order valence-corrected chi connectivity index (χ0v) is 12.2. The molecule has 0 aliphatic rings. The summed E-state index contributed by atoms with van der Waals surface area (Å²) in [6, 6.07) is 3.77. The zero-order valence-electron chi connectivity index (χ0n) is 11.4. The molecule has 3 N–H and O–H groups in total. The fraction of sp³-hybridized carbons (Fsp3) is 0.357. The van der Waals surface area contributed by atoms with Crippen molar-refractivity contribution in [2.45, 2.75) is 12.2 Å². The van der Waals surface area contributed by atoms with Crippen molar-refractivity contribution in [3.63, 3.8) is 0 Å². The van der Waals surface area contributed by atoms with Gasteiger partial charge in [-0.05, 0) is 25.1 Å². The van der Waals surface area contributed by atoms with Gasteiger partial charge in [0.05, 0.1) is 12.1 Å². The third-order valence-electron chi connectivity index (χ3n) is 2.67. The van der Waals surface area contributed by atoms with Gasteiger partial charge in [0.2, 0.25) is 0 Å². The average Bonchev–Trinajstić information content (AvgIpc) is 2.42. The molecule has 0 heterocycles. The molecule has 6 heteroatoms. The number of hydrogen-bond donors (Lipinski definition) is 2. The van der Waals surface area contributed by atoms with E-state index < -0.39 is 16.6 Å². The number of rotatable bonds is 4. The molecule has 0 aromatic heterocycles. The average molecular weight is 296 g/mol. The number of nitrogens with one attached hydrogen (secondary N) is 1. The highest BCUT2D eigenvalue weighted by atomic mass is 32.2. The van der Waals surface area contributed by atoms with Gasteiger partial charge >= 0.3 is 0 Å². The van der Waals surface area contributed by atoms with Crippen molar-refractivity contribution in [3.05, 3.63) is 35.1 Å². The smallest absolute Gasteiger partial charge is 0.252 e. The molecular formula is C14H17FN2O2S. The minimum absolute atomic E-state index is 0.128. The van der Waals surface area contributed by atoms with E-state index in [1.54, 1.807) is 13.2 Å². The van der Waals surface area contributed by atoms with Gasteiger partial charge in [0.1, 0.15) is 5.82 Å². The van der Waals surface area contributed by atoms with Crippen molar-refractivity contribution in [1.29, 1.82) is 0 Å². The van der Waals surface area contributed by atoms with Crippen molar-refractivity contribution >= 4 is 16.7 Å². The van der Waals surface area contributed by atoms with Crippen LogP contribution in [0.25, 0.3) is 0 Å². The molecule has 2 atom stereocenters. The molecule has 1 amide bonds. The SMILES string of the molecule is CC(CNC(=O)c1ccc(F)cc1C#CCN)S(C)=O. The van der Waals surface area contributed by atoms with Gasteiger partial charge in [0, 0.05) is 34.4 Å². The molecule has 0 radical (unpaired) electrons. The van der Waals surface area contributed by atoms with Gasteiger partial charge in [0.25, 0.3) is 5.91 Å². The van der Waals surface area contributed by atoms with Gasteiger partial charge in [-0.15, -0.1) is 0 Å². The van der Waals surface area contributed by atoms with Crippen LogP contribution in [0.4, 0.5) is 4.39 Å². The minimum Gasteiger partial charge on any atom is -0.351 e. The van der Waals surface area contributed by atoms with Crippen molar-refractivity contribution in [1.82, 2.24) is 5.32 Å². The lowest BCUT2D eigenvalue weighted by molar-refractivity contribution is 0.0954. The first-order chi connectivity index (χ1) is 9.45. The molecule has 0 saturated heterocycles. The summed E-state index contributed by atoms with van der Waals surface area (Å²) in [7, 11) is -1.02. The molecule has 2 unspecified atom stereocenters. The Morgan fingerprint density at radius 3 is 2.85 bits per heavy atom. The molecule has 0 saturated carbocycles. The first kappa shape index (κ1) is 16.3. The second kappa shape index (κ2) is 7.78. The largest absolute Gasteiger partial charge is 0.351 e. The Labute approximate surface area is 120 Å². The second-order valence-corrected chi connectivity index (χ2v) is 6.02. The molecule has 0 spiro atoms. The van der Waals surface area contributed by atoms with Crippen LogP contribution >= 0.6 is 0 Å². The van der Waals surface area contributed by atoms with E-state index in [1.165, 1.54) is 18.2 Å². The molecule has 0 fully saturated rings. The lowest BCUT2D eigenvalue weighted by Crippen LogP contribution is -2.33. The highest BCUT2D eigenvalue weighted by Crippen LogP contribution is 2.10.